The van der Waals surface area contributed by atoms with Crippen molar-refractivity contribution < 1.29 is 23.9 Å². The molecule has 1 unspecified atom stereocenters. The molecule has 2 heterocycles. The van der Waals surface area contributed by atoms with Gasteiger partial charge in [-0.1, -0.05) is 24.6 Å². The Labute approximate surface area is 230 Å². The molecule has 0 aliphatic carbocycles. The summed E-state index contributed by atoms with van der Waals surface area (Å²) in [6.45, 7) is 11.4. The molecular formula is C30H40N4O5. The fraction of sp³-hybridized carbons (Fsp3) is 0.467. The maximum atomic E-state index is 12.9. The van der Waals surface area contributed by atoms with Gasteiger partial charge in [-0.05, 0) is 72.6 Å². The summed E-state index contributed by atoms with van der Waals surface area (Å²) in [6, 6.07) is 9.95. The van der Waals surface area contributed by atoms with Crippen molar-refractivity contribution in [1.82, 2.24) is 14.7 Å². The molecule has 1 atom stereocenters. The second-order valence-corrected chi connectivity index (χ2v) is 11.6. The standard InChI is InChI=1S/C30H40N4O5/c1-29(2,3)38-27(36)21-15-13-20(14-16-21)23-19-34-18-10-11-22(26(34)33-23)25(31)24(35)12-8-7-9-17-32-28(37)39-30(4,5)6/h10-11,13-16,18-19,25H,7-9,12,17,31H2,1-6H3,(H,32,37). The number of nitrogens with two attached hydrogens (primary N) is 1. The third-order valence-corrected chi connectivity index (χ3v) is 5.78. The molecule has 1 amide bonds. The minimum absolute atomic E-state index is 0.0607. The summed E-state index contributed by atoms with van der Waals surface area (Å²) in [5, 5.41) is 2.72. The van der Waals surface area contributed by atoms with Gasteiger partial charge < -0.3 is 24.9 Å². The molecule has 2 aromatic heterocycles. The van der Waals surface area contributed by atoms with E-state index in [4.69, 9.17) is 20.2 Å². The van der Waals surface area contributed by atoms with Crippen LogP contribution >= 0.6 is 0 Å². The van der Waals surface area contributed by atoms with Gasteiger partial charge in [0.15, 0.2) is 5.78 Å². The average Bonchev–Trinajstić information content (AvgIpc) is 3.28. The number of pyridine rings is 1. The van der Waals surface area contributed by atoms with Gasteiger partial charge in [0, 0.05) is 36.5 Å². The molecule has 0 saturated carbocycles. The number of esters is 1. The third-order valence-electron chi connectivity index (χ3n) is 5.78. The van der Waals surface area contributed by atoms with Crippen LogP contribution in [0.2, 0.25) is 0 Å². The zero-order valence-corrected chi connectivity index (χ0v) is 23.7. The number of hydrogen-bond donors (Lipinski definition) is 2. The number of nitrogens with one attached hydrogen (secondary N) is 1. The molecule has 9 nitrogen and oxygen atoms in total. The van der Waals surface area contributed by atoms with Crippen LogP contribution in [0.25, 0.3) is 16.9 Å². The number of aromatic nitrogens is 2. The van der Waals surface area contributed by atoms with Crippen LogP contribution in [0, 0.1) is 0 Å². The molecule has 3 N–H and O–H groups in total. The lowest BCUT2D eigenvalue weighted by atomic mass is 10.0. The van der Waals surface area contributed by atoms with E-state index in [0.717, 1.165) is 18.4 Å². The number of Topliss-reactive ketones (excluding diaryl/α,β-unsaturated/α-hetero) is 1. The first-order valence-corrected chi connectivity index (χ1v) is 13.3. The molecule has 1 aromatic carbocycles. The van der Waals surface area contributed by atoms with E-state index >= 15 is 0 Å². The first-order chi connectivity index (χ1) is 18.2. The van der Waals surface area contributed by atoms with Crippen molar-refractivity contribution in [2.24, 2.45) is 5.73 Å². The predicted molar refractivity (Wildman–Crippen MR) is 150 cm³/mol. The van der Waals surface area contributed by atoms with Gasteiger partial charge in [0.05, 0.1) is 17.3 Å². The van der Waals surface area contributed by atoms with E-state index in [1.165, 1.54) is 0 Å². The second kappa shape index (κ2) is 12.4. The second-order valence-electron chi connectivity index (χ2n) is 11.6. The van der Waals surface area contributed by atoms with E-state index in [1.54, 1.807) is 12.1 Å². The van der Waals surface area contributed by atoms with E-state index in [-0.39, 0.29) is 11.8 Å². The van der Waals surface area contributed by atoms with Crippen LogP contribution in [-0.4, -0.2) is 45.0 Å². The van der Waals surface area contributed by atoms with E-state index in [2.05, 4.69) is 5.32 Å². The molecule has 3 aromatic rings. The number of rotatable bonds is 10. The SMILES string of the molecule is CC(C)(C)OC(=O)NCCCCCC(=O)C(N)c1cccn2cc(-c3ccc(C(=O)OC(C)(C)C)cc3)nc12. The number of hydrogen-bond acceptors (Lipinski definition) is 7. The number of imidazole rings is 1. The monoisotopic (exact) mass is 536 g/mol. The van der Waals surface area contributed by atoms with Gasteiger partial charge >= 0.3 is 12.1 Å². The molecule has 0 aliphatic rings. The number of fused-ring (bicyclic) bond motifs is 1. The van der Waals surface area contributed by atoms with Crippen molar-refractivity contribution in [1.29, 1.82) is 0 Å². The maximum absolute atomic E-state index is 12.9. The first kappa shape index (κ1) is 29.8. The summed E-state index contributed by atoms with van der Waals surface area (Å²) in [5.74, 6) is -0.440. The Morgan fingerprint density at radius 1 is 0.949 bits per heavy atom. The van der Waals surface area contributed by atoms with Crippen molar-refractivity contribution in [3.63, 3.8) is 0 Å². The molecule has 0 spiro atoms. The highest BCUT2D eigenvalue weighted by Gasteiger charge is 2.21. The lowest BCUT2D eigenvalue weighted by Crippen LogP contribution is -2.33. The van der Waals surface area contributed by atoms with Crippen LogP contribution in [0.5, 0.6) is 0 Å². The Morgan fingerprint density at radius 3 is 2.26 bits per heavy atom. The largest absolute Gasteiger partial charge is 0.456 e. The Balaban J connectivity index is 1.58. The number of carbonyl (C=O) groups excluding carboxylic acids is 3. The quantitative estimate of drug-likeness (QED) is 0.255. The number of ketones is 1. The minimum atomic E-state index is -0.793. The molecule has 0 radical (unpaired) electrons. The normalized spacial score (nSPS) is 12.7. The maximum Gasteiger partial charge on any atom is 0.407 e. The zero-order chi connectivity index (χ0) is 28.8. The Morgan fingerprint density at radius 2 is 1.62 bits per heavy atom. The van der Waals surface area contributed by atoms with Gasteiger partial charge in [0.25, 0.3) is 0 Å². The van der Waals surface area contributed by atoms with Crippen LogP contribution < -0.4 is 11.1 Å². The third kappa shape index (κ3) is 8.92. The van der Waals surface area contributed by atoms with Crippen LogP contribution in [0.1, 0.15) is 89.2 Å². The molecule has 0 bridgehead atoms. The Kier molecular flexibility index (Phi) is 9.50. The molecule has 3 rings (SSSR count). The lowest BCUT2D eigenvalue weighted by Gasteiger charge is -2.19. The first-order valence-electron chi connectivity index (χ1n) is 13.3. The molecule has 39 heavy (non-hydrogen) atoms. The van der Waals surface area contributed by atoms with E-state index < -0.39 is 23.3 Å². The van der Waals surface area contributed by atoms with Crippen molar-refractivity contribution in [2.45, 2.75) is 84.5 Å². The van der Waals surface area contributed by atoms with Crippen LogP contribution in [-0.2, 0) is 14.3 Å². The molecule has 210 valence electrons. The fourth-order valence-corrected chi connectivity index (χ4v) is 3.97. The smallest absolute Gasteiger partial charge is 0.407 e. The highest BCUT2D eigenvalue weighted by molar-refractivity contribution is 5.90. The Hall–Kier alpha value is -3.72. The van der Waals surface area contributed by atoms with Crippen molar-refractivity contribution in [2.75, 3.05) is 6.54 Å². The van der Waals surface area contributed by atoms with Crippen molar-refractivity contribution >= 4 is 23.5 Å². The van der Waals surface area contributed by atoms with Crippen molar-refractivity contribution in [3.05, 3.63) is 59.9 Å². The Bertz CT molecular complexity index is 1300. The van der Waals surface area contributed by atoms with Gasteiger partial charge in [-0.3, -0.25) is 4.79 Å². The highest BCUT2D eigenvalue weighted by atomic mass is 16.6. The highest BCUT2D eigenvalue weighted by Crippen LogP contribution is 2.25. The number of ether oxygens (including phenoxy) is 2. The van der Waals surface area contributed by atoms with E-state index in [1.807, 2.05) is 82.6 Å². The number of unbranched alkanes of at least 4 members (excludes halogenated alkanes) is 2. The predicted octanol–water partition coefficient (Wildman–Crippen LogP) is 5.61. The van der Waals surface area contributed by atoms with Gasteiger partial charge in [0.1, 0.15) is 16.8 Å². The number of alkyl carbamates (subject to hydrolysis) is 1. The summed E-state index contributed by atoms with van der Waals surface area (Å²) < 4.78 is 12.5. The molecule has 0 fully saturated rings. The van der Waals surface area contributed by atoms with Gasteiger partial charge in [-0.2, -0.15) is 0 Å². The van der Waals surface area contributed by atoms with E-state index in [9.17, 15) is 14.4 Å². The van der Waals surface area contributed by atoms with Crippen LogP contribution in [0.3, 0.4) is 0 Å². The van der Waals surface area contributed by atoms with Crippen molar-refractivity contribution in [3.8, 4) is 11.3 Å². The van der Waals surface area contributed by atoms with Gasteiger partial charge in [-0.15, -0.1) is 0 Å². The number of benzene rings is 1. The number of carbonyl (C=O) groups is 3. The zero-order valence-electron chi connectivity index (χ0n) is 23.7. The topological polar surface area (TPSA) is 125 Å². The fourth-order valence-electron chi connectivity index (χ4n) is 3.97. The van der Waals surface area contributed by atoms with Crippen LogP contribution in [0.15, 0.2) is 48.8 Å². The number of nitrogens with zero attached hydrogens (tertiary/aromatic N) is 2. The van der Waals surface area contributed by atoms with Gasteiger partial charge in [-0.25, -0.2) is 14.6 Å². The number of amides is 1. The average molecular weight is 537 g/mol. The molecule has 0 saturated heterocycles. The summed E-state index contributed by atoms with van der Waals surface area (Å²) in [7, 11) is 0. The molecule has 0 aliphatic heterocycles. The molecular weight excluding hydrogens is 496 g/mol. The summed E-state index contributed by atoms with van der Waals surface area (Å²) in [5.41, 5.74) is 8.54. The molecule has 9 heteroatoms. The van der Waals surface area contributed by atoms with Gasteiger partial charge in [0.2, 0.25) is 0 Å². The summed E-state index contributed by atoms with van der Waals surface area (Å²) in [4.78, 5) is 41.6. The summed E-state index contributed by atoms with van der Waals surface area (Å²) >= 11 is 0. The van der Waals surface area contributed by atoms with Crippen LogP contribution in [0.4, 0.5) is 4.79 Å². The lowest BCUT2D eigenvalue weighted by molar-refractivity contribution is -0.120. The summed E-state index contributed by atoms with van der Waals surface area (Å²) in [6.07, 6.45) is 5.84. The minimum Gasteiger partial charge on any atom is -0.456 e. The van der Waals surface area contributed by atoms with E-state index in [0.29, 0.717) is 41.9 Å².